The van der Waals surface area contributed by atoms with E-state index in [4.69, 9.17) is 10.5 Å². The van der Waals surface area contributed by atoms with Crippen LogP contribution in [0.25, 0.3) is 0 Å². The number of nitrogens with one attached hydrogen (secondary N) is 1. The van der Waals surface area contributed by atoms with Crippen LogP contribution in [-0.2, 0) is 10.0 Å². The first-order valence-corrected chi connectivity index (χ1v) is 12.4. The van der Waals surface area contributed by atoms with Gasteiger partial charge < -0.3 is 15.8 Å². The molecule has 2 aromatic rings. The number of sulfonamides is 1. The second-order valence-electron chi connectivity index (χ2n) is 7.38. The molecule has 7 nitrogen and oxygen atoms in total. The van der Waals surface area contributed by atoms with Crippen molar-refractivity contribution in [2.75, 3.05) is 31.3 Å². The van der Waals surface area contributed by atoms with Gasteiger partial charge in [-0.15, -0.1) is 0 Å². The number of ether oxygens (including phenoxy) is 1. The molecule has 3 N–H and O–H groups in total. The Bertz CT molecular complexity index is 1100. The fraction of sp³-hybridized carbons (Fsp3) is 0.350. The first-order valence-electron chi connectivity index (χ1n) is 9.48. The Labute approximate surface area is 193 Å². The predicted octanol–water partition coefficient (Wildman–Crippen LogP) is 3.46. The van der Waals surface area contributed by atoms with Gasteiger partial charge in [0.05, 0.1) is 24.2 Å². The number of primary amides is 1. The second kappa shape index (κ2) is 9.65. The first kappa shape index (κ1) is 23.7. The summed E-state index contributed by atoms with van der Waals surface area (Å²) in [4.78, 5) is 12.1. The van der Waals surface area contributed by atoms with Crippen molar-refractivity contribution in [2.45, 2.75) is 12.8 Å². The zero-order valence-corrected chi connectivity index (χ0v) is 19.7. The fourth-order valence-corrected chi connectivity index (χ4v) is 4.85. The molecule has 1 aliphatic rings. The Hall–Kier alpha value is -1.99. The summed E-state index contributed by atoms with van der Waals surface area (Å²) in [7, 11) is -3.32. The largest absolute Gasteiger partial charge is 0.492 e. The highest BCUT2D eigenvalue weighted by atomic mass is 127. The molecule has 168 valence electrons. The molecule has 31 heavy (non-hydrogen) atoms. The van der Waals surface area contributed by atoms with Gasteiger partial charge in [-0.1, -0.05) is 0 Å². The van der Waals surface area contributed by atoms with Crippen LogP contribution in [0.2, 0.25) is 0 Å². The molecular formula is C20H22F2IN3O4S. The summed E-state index contributed by atoms with van der Waals surface area (Å²) >= 11 is 1.96. The number of amides is 1. The average molecular weight is 565 g/mol. The second-order valence-corrected chi connectivity index (χ2v) is 10.6. The highest BCUT2D eigenvalue weighted by molar-refractivity contribution is 14.1. The molecule has 0 saturated carbocycles. The van der Waals surface area contributed by atoms with E-state index in [1.165, 1.54) is 16.4 Å². The minimum atomic E-state index is -3.32. The smallest absolute Gasteiger partial charge is 0.254 e. The van der Waals surface area contributed by atoms with Crippen LogP contribution in [0.5, 0.6) is 5.75 Å². The number of anilines is 2. The molecule has 1 aliphatic heterocycles. The molecule has 2 aromatic carbocycles. The van der Waals surface area contributed by atoms with E-state index >= 15 is 0 Å². The van der Waals surface area contributed by atoms with Gasteiger partial charge in [-0.05, 0) is 59.7 Å². The number of nitrogens with zero attached hydrogens (tertiary/aromatic N) is 1. The van der Waals surface area contributed by atoms with Gasteiger partial charge in [0.25, 0.3) is 5.91 Å². The Morgan fingerprint density at radius 3 is 2.68 bits per heavy atom. The lowest BCUT2D eigenvalue weighted by molar-refractivity contribution is 0.0995. The summed E-state index contributed by atoms with van der Waals surface area (Å²) in [6, 6.07) is 6.49. The van der Waals surface area contributed by atoms with Crippen molar-refractivity contribution >= 4 is 49.9 Å². The summed E-state index contributed by atoms with van der Waals surface area (Å²) in [6.07, 6.45) is 2.55. The molecule has 1 unspecified atom stereocenters. The molecule has 1 amide bonds. The lowest BCUT2D eigenvalue weighted by Gasteiger charge is -2.31. The molecule has 1 heterocycles. The third-order valence-electron chi connectivity index (χ3n) is 4.94. The number of benzene rings is 2. The van der Waals surface area contributed by atoms with Crippen molar-refractivity contribution in [1.29, 1.82) is 0 Å². The molecule has 0 radical (unpaired) electrons. The van der Waals surface area contributed by atoms with Gasteiger partial charge in [0.1, 0.15) is 22.9 Å². The van der Waals surface area contributed by atoms with Crippen LogP contribution in [0.3, 0.4) is 0 Å². The van der Waals surface area contributed by atoms with Gasteiger partial charge in [0.2, 0.25) is 10.0 Å². The summed E-state index contributed by atoms with van der Waals surface area (Å²) in [5.74, 6) is -2.35. The van der Waals surface area contributed by atoms with Crippen molar-refractivity contribution in [3.63, 3.8) is 0 Å². The fourth-order valence-electron chi connectivity index (χ4n) is 3.46. The topological polar surface area (TPSA) is 102 Å². The van der Waals surface area contributed by atoms with Gasteiger partial charge in [-0.3, -0.25) is 4.79 Å². The maximum absolute atomic E-state index is 14.3. The Morgan fingerprint density at radius 2 is 2.03 bits per heavy atom. The monoisotopic (exact) mass is 565 g/mol. The number of hydrogen-bond acceptors (Lipinski definition) is 5. The number of piperidine rings is 1. The number of rotatable bonds is 7. The zero-order valence-electron chi connectivity index (χ0n) is 16.7. The van der Waals surface area contributed by atoms with E-state index in [9.17, 15) is 22.0 Å². The van der Waals surface area contributed by atoms with Crippen LogP contribution in [0.4, 0.5) is 20.2 Å². The lowest BCUT2D eigenvalue weighted by Crippen LogP contribution is -2.41. The maximum Gasteiger partial charge on any atom is 0.254 e. The van der Waals surface area contributed by atoms with Crippen LogP contribution in [0, 0.1) is 21.1 Å². The van der Waals surface area contributed by atoms with Crippen molar-refractivity contribution in [2.24, 2.45) is 11.7 Å². The number of halogens is 3. The van der Waals surface area contributed by atoms with Crippen LogP contribution in [0.1, 0.15) is 23.2 Å². The minimum absolute atomic E-state index is 0.0241. The number of nitrogens with two attached hydrogens (primary N) is 1. The summed E-state index contributed by atoms with van der Waals surface area (Å²) in [6.45, 7) is 0.795. The number of carbonyl (C=O) groups is 1. The van der Waals surface area contributed by atoms with E-state index in [1.54, 1.807) is 6.07 Å². The van der Waals surface area contributed by atoms with E-state index in [1.807, 2.05) is 22.6 Å². The third-order valence-corrected chi connectivity index (χ3v) is 6.88. The van der Waals surface area contributed by atoms with Gasteiger partial charge in [0.15, 0.2) is 0 Å². The van der Waals surface area contributed by atoms with E-state index in [0.717, 1.165) is 24.8 Å². The molecule has 0 bridgehead atoms. The quantitative estimate of drug-likeness (QED) is 0.501. The highest BCUT2D eigenvalue weighted by Gasteiger charge is 2.27. The molecule has 0 spiro atoms. The Morgan fingerprint density at radius 1 is 1.29 bits per heavy atom. The molecule has 1 fully saturated rings. The highest BCUT2D eigenvalue weighted by Crippen LogP contribution is 2.32. The average Bonchev–Trinajstić information content (AvgIpc) is 2.67. The molecular weight excluding hydrogens is 543 g/mol. The van der Waals surface area contributed by atoms with Gasteiger partial charge in [0, 0.05) is 28.6 Å². The van der Waals surface area contributed by atoms with Crippen molar-refractivity contribution in [1.82, 2.24) is 4.31 Å². The van der Waals surface area contributed by atoms with Crippen molar-refractivity contribution < 1.29 is 26.7 Å². The van der Waals surface area contributed by atoms with E-state index in [-0.39, 0.29) is 41.8 Å². The zero-order chi connectivity index (χ0) is 22.8. The molecule has 1 saturated heterocycles. The van der Waals surface area contributed by atoms with Gasteiger partial charge in [-0.25, -0.2) is 21.5 Å². The number of carbonyl (C=O) groups excluding carboxylic acids is 1. The van der Waals surface area contributed by atoms with E-state index < -0.39 is 27.6 Å². The predicted molar refractivity (Wildman–Crippen MR) is 122 cm³/mol. The minimum Gasteiger partial charge on any atom is -0.492 e. The van der Waals surface area contributed by atoms with Crippen LogP contribution in [0.15, 0.2) is 30.3 Å². The van der Waals surface area contributed by atoms with Gasteiger partial charge >= 0.3 is 0 Å². The van der Waals surface area contributed by atoms with Crippen LogP contribution < -0.4 is 15.8 Å². The lowest BCUT2D eigenvalue weighted by atomic mass is 10.0. The first-order chi connectivity index (χ1) is 14.5. The van der Waals surface area contributed by atoms with Crippen LogP contribution in [-0.4, -0.2) is 44.6 Å². The summed E-state index contributed by atoms with van der Waals surface area (Å²) in [5.41, 5.74) is 5.42. The molecule has 0 aliphatic carbocycles. The molecule has 1 atom stereocenters. The molecule has 0 aromatic heterocycles. The van der Waals surface area contributed by atoms with Crippen LogP contribution >= 0.6 is 22.6 Å². The Kier molecular flexibility index (Phi) is 7.37. The molecule has 11 heteroatoms. The number of hydrogen-bond donors (Lipinski definition) is 2. The maximum atomic E-state index is 14.3. The summed E-state index contributed by atoms with van der Waals surface area (Å²) in [5, 5.41) is 2.71. The summed E-state index contributed by atoms with van der Waals surface area (Å²) < 4.78 is 59.8. The van der Waals surface area contributed by atoms with E-state index in [2.05, 4.69) is 5.32 Å². The standard InChI is InChI=1S/C20H22F2IN3O4S/c1-31(28,29)26-6-2-3-12(10-26)11-30-18-8-13(21)7-17(19(18)20(24)27)25-16-5-4-14(23)9-15(16)22/h4-5,7-9,12,25H,2-3,6,10-11H2,1H3,(H2,24,27). The SMILES string of the molecule is CS(=O)(=O)N1CCCC(COc2cc(F)cc(Nc3ccc(I)cc3F)c2C(N)=O)C1. The molecule has 3 rings (SSSR count). The Balaban J connectivity index is 1.84. The van der Waals surface area contributed by atoms with Crippen molar-refractivity contribution in [3.8, 4) is 5.75 Å². The normalized spacial score (nSPS) is 17.4. The van der Waals surface area contributed by atoms with Crippen molar-refractivity contribution in [3.05, 3.63) is 51.1 Å². The van der Waals surface area contributed by atoms with E-state index in [0.29, 0.717) is 16.5 Å². The van der Waals surface area contributed by atoms with Gasteiger partial charge in [-0.2, -0.15) is 0 Å². The third kappa shape index (κ3) is 6.04.